The molecule has 25 heavy (non-hydrogen) atoms. The van der Waals surface area contributed by atoms with Crippen LogP contribution in [0.15, 0.2) is 24.0 Å². The highest BCUT2D eigenvalue weighted by Gasteiger charge is 2.36. The van der Waals surface area contributed by atoms with E-state index in [1.165, 1.54) is 64.3 Å². The van der Waals surface area contributed by atoms with Gasteiger partial charge in [-0.25, -0.2) is 8.42 Å². The molecule has 1 rings (SSSR count). The van der Waals surface area contributed by atoms with Crippen molar-refractivity contribution in [1.29, 1.82) is 0 Å². The first-order chi connectivity index (χ1) is 11.6. The van der Waals surface area contributed by atoms with E-state index in [2.05, 4.69) is 32.2 Å². The van der Waals surface area contributed by atoms with Crippen LogP contribution in [0.5, 0.6) is 0 Å². The van der Waals surface area contributed by atoms with Crippen molar-refractivity contribution < 1.29 is 31.0 Å². The van der Waals surface area contributed by atoms with Crippen molar-refractivity contribution in [1.82, 2.24) is 0 Å². The quantitative estimate of drug-likeness (QED) is 0.353. The molecule has 1 N–H and O–H groups in total. The summed E-state index contributed by atoms with van der Waals surface area (Å²) in [5, 5.41) is 0. The molecule has 0 saturated carbocycles. The number of alkyl halides is 3. The lowest BCUT2D eigenvalue weighted by molar-refractivity contribution is -0.804. The number of quaternary nitrogens is 1. The zero-order valence-electron chi connectivity index (χ0n) is 15.1. The van der Waals surface area contributed by atoms with Gasteiger partial charge in [0.25, 0.3) is 0 Å². The molecule has 0 aromatic rings. The average molecular weight is 385 g/mol. The Bertz CT molecular complexity index is 514. The van der Waals surface area contributed by atoms with E-state index in [0.717, 1.165) is 0 Å². The summed E-state index contributed by atoms with van der Waals surface area (Å²) >= 11 is 0. The maximum atomic E-state index is 10.7. The first-order valence-electron chi connectivity index (χ1n) is 8.89. The fourth-order valence-corrected chi connectivity index (χ4v) is 2.53. The van der Waals surface area contributed by atoms with E-state index in [1.807, 2.05) is 0 Å². The number of nitrogens with one attached hydrogen (secondary N) is 1. The number of unbranched alkanes of at least 4 members (excludes halogenated alkanes) is 7. The molecule has 1 atom stereocenters. The fourth-order valence-electron chi connectivity index (χ4n) is 2.53. The van der Waals surface area contributed by atoms with Crippen LogP contribution in [-0.4, -0.2) is 25.0 Å². The summed E-state index contributed by atoms with van der Waals surface area (Å²) in [6.45, 7) is 5.84. The van der Waals surface area contributed by atoms with Crippen molar-refractivity contribution in [3.05, 3.63) is 24.0 Å². The lowest BCUT2D eigenvalue weighted by atomic mass is 10.1. The summed E-state index contributed by atoms with van der Waals surface area (Å²) in [7, 11) is -6.09. The average Bonchev–Trinajstić information content (AvgIpc) is 2.96. The van der Waals surface area contributed by atoms with Crippen molar-refractivity contribution >= 4 is 10.1 Å². The summed E-state index contributed by atoms with van der Waals surface area (Å²) in [5.41, 5.74) is -4.08. The molecule has 0 aromatic heterocycles. The molecule has 0 aliphatic carbocycles. The van der Waals surface area contributed by atoms with Crippen LogP contribution < -0.4 is 4.90 Å². The molecule has 4 nitrogen and oxygen atoms in total. The fraction of sp³-hybridized carbons (Fsp3) is 0.765. The molecule has 0 spiro atoms. The Morgan fingerprint density at radius 1 is 1.00 bits per heavy atom. The molecule has 0 saturated heterocycles. The lowest BCUT2D eigenvalue weighted by Crippen LogP contribution is -3.04. The summed E-state index contributed by atoms with van der Waals surface area (Å²) in [4.78, 5) is 1.60. The number of hydrogen-bond donors (Lipinski definition) is 1. The summed E-state index contributed by atoms with van der Waals surface area (Å²) < 4.78 is 58.9. The molecule has 0 amide bonds. The third kappa shape index (κ3) is 11.4. The van der Waals surface area contributed by atoms with Crippen LogP contribution in [0.4, 0.5) is 13.2 Å². The molecule has 0 radical (unpaired) electrons. The van der Waals surface area contributed by atoms with Gasteiger partial charge in [0.15, 0.2) is 10.1 Å². The number of hydrogen-bond acceptors (Lipinski definition) is 3. The van der Waals surface area contributed by atoms with E-state index in [0.29, 0.717) is 0 Å². The summed E-state index contributed by atoms with van der Waals surface area (Å²) in [5.74, 6) is 0. The van der Waals surface area contributed by atoms with Gasteiger partial charge in [-0.2, -0.15) is 13.2 Å². The predicted octanol–water partition coefficient (Wildman–Crippen LogP) is 3.88. The lowest BCUT2D eigenvalue weighted by Gasteiger charge is -2.12. The number of rotatable bonds is 10. The SMILES string of the molecule is CCCCCCCCCC[NH+]1C=CC=C1CC.O=S(=O)([O-])C(F)(F)F. The third-order valence-electron chi connectivity index (χ3n) is 3.97. The van der Waals surface area contributed by atoms with Crippen LogP contribution in [-0.2, 0) is 10.1 Å². The normalized spacial score (nSPS) is 17.2. The molecule has 1 aliphatic heterocycles. The van der Waals surface area contributed by atoms with Gasteiger partial charge >= 0.3 is 5.51 Å². The topological polar surface area (TPSA) is 61.6 Å². The van der Waals surface area contributed by atoms with E-state index in [-0.39, 0.29) is 0 Å². The monoisotopic (exact) mass is 385 g/mol. The van der Waals surface area contributed by atoms with Gasteiger partial charge in [0.05, 0.1) is 12.7 Å². The van der Waals surface area contributed by atoms with Crippen LogP contribution in [0.2, 0.25) is 0 Å². The van der Waals surface area contributed by atoms with Crippen molar-refractivity contribution in [2.75, 3.05) is 6.54 Å². The standard InChI is InChI=1S/C16H29N.CHF3O3S/c1-3-5-6-7-8-9-10-11-14-17-15-12-13-16(17)4-2;2-1(3,4)8(5,6)7/h12-13,15H,3-11,14H2,1-2H3;(H,5,6,7). The first-order valence-corrected chi connectivity index (χ1v) is 10.3. The second-order valence-corrected chi connectivity index (χ2v) is 7.43. The van der Waals surface area contributed by atoms with Crippen molar-refractivity contribution in [3.8, 4) is 0 Å². The Morgan fingerprint density at radius 2 is 1.48 bits per heavy atom. The highest BCUT2D eigenvalue weighted by Crippen LogP contribution is 2.20. The molecule has 0 aromatic carbocycles. The van der Waals surface area contributed by atoms with Crippen LogP contribution in [0, 0.1) is 0 Å². The summed E-state index contributed by atoms with van der Waals surface area (Å²) in [6, 6.07) is 0. The second-order valence-electron chi connectivity index (χ2n) is 6.05. The molecule has 0 fully saturated rings. The van der Waals surface area contributed by atoms with Crippen LogP contribution in [0.25, 0.3) is 0 Å². The van der Waals surface area contributed by atoms with Crippen molar-refractivity contribution in [2.45, 2.75) is 77.1 Å². The Kier molecular flexibility index (Phi) is 12.1. The Morgan fingerprint density at radius 3 is 1.92 bits per heavy atom. The zero-order valence-corrected chi connectivity index (χ0v) is 15.9. The van der Waals surface area contributed by atoms with Gasteiger partial charge in [0.1, 0.15) is 5.70 Å². The highest BCUT2D eigenvalue weighted by atomic mass is 32.2. The van der Waals surface area contributed by atoms with E-state index in [9.17, 15) is 13.2 Å². The predicted molar refractivity (Wildman–Crippen MR) is 91.7 cm³/mol. The molecular weight excluding hydrogens is 355 g/mol. The van der Waals surface area contributed by atoms with Gasteiger partial charge in [-0.15, -0.1) is 0 Å². The van der Waals surface area contributed by atoms with Gasteiger partial charge in [-0.1, -0.05) is 52.4 Å². The maximum absolute atomic E-state index is 10.7. The van der Waals surface area contributed by atoms with Crippen LogP contribution in [0.1, 0.15) is 71.6 Å². The smallest absolute Gasteiger partial charge is 0.485 e. The zero-order chi connectivity index (χ0) is 19.3. The number of halogens is 3. The van der Waals surface area contributed by atoms with E-state index in [4.69, 9.17) is 13.0 Å². The maximum Gasteiger partial charge on any atom is 0.485 e. The summed E-state index contributed by atoms with van der Waals surface area (Å²) in [6.07, 6.45) is 19.3. The molecule has 8 heteroatoms. The van der Waals surface area contributed by atoms with Gasteiger partial charge < -0.3 is 4.55 Å². The van der Waals surface area contributed by atoms with Crippen LogP contribution in [0.3, 0.4) is 0 Å². The third-order valence-corrected chi connectivity index (χ3v) is 4.54. The molecule has 1 aliphatic rings. The minimum atomic E-state index is -6.09. The van der Waals surface area contributed by atoms with Gasteiger partial charge in [-0.3, -0.25) is 4.90 Å². The van der Waals surface area contributed by atoms with Gasteiger partial charge in [0, 0.05) is 12.5 Å². The Hall–Kier alpha value is -0.860. The van der Waals surface area contributed by atoms with Gasteiger partial charge in [0.2, 0.25) is 0 Å². The van der Waals surface area contributed by atoms with Crippen molar-refractivity contribution in [3.63, 3.8) is 0 Å². The minimum absolute atomic E-state index is 1.19. The Labute approximate surface area is 149 Å². The van der Waals surface area contributed by atoms with E-state index >= 15 is 0 Å². The Balaban J connectivity index is 0.000000609. The molecule has 0 bridgehead atoms. The van der Waals surface area contributed by atoms with Crippen LogP contribution >= 0.6 is 0 Å². The molecule has 1 unspecified atom stereocenters. The number of allylic oxidation sites excluding steroid dienone is 3. The molecule has 148 valence electrons. The molecular formula is C17H30F3NO3S. The van der Waals surface area contributed by atoms with Crippen molar-refractivity contribution in [2.24, 2.45) is 0 Å². The minimum Gasteiger partial charge on any atom is -0.741 e. The van der Waals surface area contributed by atoms with E-state index in [1.54, 1.807) is 10.6 Å². The van der Waals surface area contributed by atoms with Gasteiger partial charge in [-0.05, 0) is 18.9 Å². The second kappa shape index (κ2) is 12.5. The first kappa shape index (κ1) is 24.1. The van der Waals surface area contributed by atoms with E-state index < -0.39 is 15.6 Å². The largest absolute Gasteiger partial charge is 0.741 e. The molecule has 1 heterocycles. The highest BCUT2D eigenvalue weighted by molar-refractivity contribution is 7.86.